The third-order valence-electron chi connectivity index (χ3n) is 4.24. The lowest BCUT2D eigenvalue weighted by Crippen LogP contribution is -2.31. The van der Waals surface area contributed by atoms with Crippen molar-refractivity contribution in [2.45, 2.75) is 26.8 Å². The number of rotatable bonds is 3. The van der Waals surface area contributed by atoms with E-state index in [0.717, 1.165) is 49.9 Å². The summed E-state index contributed by atoms with van der Waals surface area (Å²) in [6.07, 6.45) is 4.90. The van der Waals surface area contributed by atoms with Crippen LogP contribution in [0.3, 0.4) is 0 Å². The summed E-state index contributed by atoms with van der Waals surface area (Å²) >= 11 is 0. The Morgan fingerprint density at radius 3 is 2.65 bits per heavy atom. The summed E-state index contributed by atoms with van der Waals surface area (Å²) in [5.74, 6) is 1.78. The van der Waals surface area contributed by atoms with Crippen LogP contribution in [0.2, 0.25) is 0 Å². The zero-order chi connectivity index (χ0) is 16.2. The maximum Gasteiger partial charge on any atom is 0.132 e. The van der Waals surface area contributed by atoms with Gasteiger partial charge in [-0.25, -0.2) is 9.97 Å². The SMILES string of the molecule is Cc1nc(CN)cc(N2CCCN(c3ccncc3C)CC2)n1. The highest BCUT2D eigenvalue weighted by Crippen LogP contribution is 2.22. The minimum Gasteiger partial charge on any atom is -0.369 e. The molecule has 1 aliphatic heterocycles. The van der Waals surface area contributed by atoms with E-state index >= 15 is 0 Å². The fourth-order valence-electron chi connectivity index (χ4n) is 3.09. The molecule has 6 nitrogen and oxygen atoms in total. The van der Waals surface area contributed by atoms with Crippen molar-refractivity contribution >= 4 is 11.5 Å². The molecule has 0 bridgehead atoms. The standard InChI is InChI=1S/C17H24N6/c1-13-12-19-5-4-16(13)22-6-3-7-23(9-8-22)17-10-15(11-18)20-14(2)21-17/h4-5,10,12H,3,6-9,11,18H2,1-2H3. The first-order chi connectivity index (χ1) is 11.2. The summed E-state index contributed by atoms with van der Waals surface area (Å²) in [6, 6.07) is 4.12. The van der Waals surface area contributed by atoms with Gasteiger partial charge in [-0.1, -0.05) is 0 Å². The molecule has 0 saturated carbocycles. The van der Waals surface area contributed by atoms with Crippen molar-refractivity contribution in [3.63, 3.8) is 0 Å². The fraction of sp³-hybridized carbons (Fsp3) is 0.471. The van der Waals surface area contributed by atoms with Crippen LogP contribution < -0.4 is 15.5 Å². The summed E-state index contributed by atoms with van der Waals surface area (Å²) in [5, 5.41) is 0. The predicted molar refractivity (Wildman–Crippen MR) is 92.7 cm³/mol. The summed E-state index contributed by atoms with van der Waals surface area (Å²) in [6.45, 7) is 8.47. The van der Waals surface area contributed by atoms with Crippen LogP contribution in [0.5, 0.6) is 0 Å². The van der Waals surface area contributed by atoms with Crippen LogP contribution in [0, 0.1) is 13.8 Å². The molecule has 122 valence electrons. The molecule has 1 aliphatic rings. The third-order valence-corrected chi connectivity index (χ3v) is 4.24. The van der Waals surface area contributed by atoms with Gasteiger partial charge in [0.2, 0.25) is 0 Å². The van der Waals surface area contributed by atoms with Crippen molar-refractivity contribution in [3.05, 3.63) is 41.6 Å². The van der Waals surface area contributed by atoms with Gasteiger partial charge < -0.3 is 15.5 Å². The largest absolute Gasteiger partial charge is 0.369 e. The van der Waals surface area contributed by atoms with E-state index in [1.807, 2.05) is 25.4 Å². The van der Waals surface area contributed by atoms with Gasteiger partial charge in [-0.05, 0) is 31.9 Å². The molecule has 0 radical (unpaired) electrons. The molecule has 1 fully saturated rings. The van der Waals surface area contributed by atoms with Crippen LogP contribution in [-0.4, -0.2) is 41.1 Å². The molecular weight excluding hydrogens is 288 g/mol. The Kier molecular flexibility index (Phi) is 4.71. The van der Waals surface area contributed by atoms with E-state index < -0.39 is 0 Å². The minimum atomic E-state index is 0.451. The number of pyridine rings is 1. The number of aromatic nitrogens is 3. The van der Waals surface area contributed by atoms with Crippen LogP contribution in [0.15, 0.2) is 24.5 Å². The predicted octanol–water partition coefficient (Wildman–Crippen LogP) is 1.66. The highest BCUT2D eigenvalue weighted by molar-refractivity contribution is 5.52. The van der Waals surface area contributed by atoms with E-state index in [0.29, 0.717) is 6.54 Å². The molecule has 0 amide bonds. The minimum absolute atomic E-state index is 0.451. The van der Waals surface area contributed by atoms with Crippen LogP contribution in [0.1, 0.15) is 23.5 Å². The molecule has 0 aromatic carbocycles. The lowest BCUT2D eigenvalue weighted by molar-refractivity contribution is 0.786. The third kappa shape index (κ3) is 3.59. The molecule has 2 N–H and O–H groups in total. The van der Waals surface area contributed by atoms with E-state index in [1.165, 1.54) is 11.3 Å². The number of nitrogens with two attached hydrogens (primary N) is 1. The highest BCUT2D eigenvalue weighted by Gasteiger charge is 2.18. The number of nitrogens with zero attached hydrogens (tertiary/aromatic N) is 5. The maximum atomic E-state index is 5.74. The lowest BCUT2D eigenvalue weighted by Gasteiger charge is -2.25. The lowest BCUT2D eigenvalue weighted by atomic mass is 10.2. The van der Waals surface area contributed by atoms with E-state index in [2.05, 4.69) is 37.7 Å². The number of anilines is 2. The maximum absolute atomic E-state index is 5.74. The molecule has 0 atom stereocenters. The Morgan fingerprint density at radius 2 is 1.87 bits per heavy atom. The normalized spacial score (nSPS) is 15.6. The second-order valence-electron chi connectivity index (χ2n) is 5.96. The van der Waals surface area contributed by atoms with Crippen molar-refractivity contribution in [2.24, 2.45) is 5.73 Å². The number of aryl methyl sites for hydroxylation is 2. The smallest absolute Gasteiger partial charge is 0.132 e. The van der Waals surface area contributed by atoms with Crippen LogP contribution >= 0.6 is 0 Å². The number of hydrogen-bond donors (Lipinski definition) is 1. The fourth-order valence-corrected chi connectivity index (χ4v) is 3.09. The van der Waals surface area contributed by atoms with Gasteiger partial charge in [0.1, 0.15) is 11.6 Å². The van der Waals surface area contributed by atoms with Crippen molar-refractivity contribution in [3.8, 4) is 0 Å². The highest BCUT2D eigenvalue weighted by atomic mass is 15.3. The Balaban J connectivity index is 1.76. The van der Waals surface area contributed by atoms with Crippen molar-refractivity contribution in [1.82, 2.24) is 15.0 Å². The summed E-state index contributed by atoms with van der Waals surface area (Å²) in [4.78, 5) is 17.9. The van der Waals surface area contributed by atoms with Gasteiger partial charge in [0.25, 0.3) is 0 Å². The van der Waals surface area contributed by atoms with E-state index in [1.54, 1.807) is 0 Å². The zero-order valence-electron chi connectivity index (χ0n) is 13.9. The topological polar surface area (TPSA) is 71.2 Å². The molecule has 3 heterocycles. The second kappa shape index (κ2) is 6.91. The Bertz CT molecular complexity index is 672. The molecule has 0 spiro atoms. The van der Waals surface area contributed by atoms with Gasteiger partial charge in [0.15, 0.2) is 0 Å². The Labute approximate surface area is 137 Å². The van der Waals surface area contributed by atoms with Gasteiger partial charge >= 0.3 is 0 Å². The molecule has 23 heavy (non-hydrogen) atoms. The van der Waals surface area contributed by atoms with Gasteiger partial charge in [-0.15, -0.1) is 0 Å². The van der Waals surface area contributed by atoms with Crippen LogP contribution in [-0.2, 0) is 6.54 Å². The molecule has 2 aromatic rings. The Morgan fingerprint density at radius 1 is 1.09 bits per heavy atom. The molecule has 6 heteroatoms. The van der Waals surface area contributed by atoms with Crippen LogP contribution in [0.25, 0.3) is 0 Å². The van der Waals surface area contributed by atoms with E-state index in [4.69, 9.17) is 5.73 Å². The van der Waals surface area contributed by atoms with Gasteiger partial charge in [0, 0.05) is 56.9 Å². The molecule has 3 rings (SSSR count). The van der Waals surface area contributed by atoms with E-state index in [-0.39, 0.29) is 0 Å². The summed E-state index contributed by atoms with van der Waals surface area (Å²) in [7, 11) is 0. The molecule has 0 unspecified atom stereocenters. The molecule has 2 aromatic heterocycles. The molecule has 0 aliphatic carbocycles. The average molecular weight is 312 g/mol. The van der Waals surface area contributed by atoms with E-state index in [9.17, 15) is 0 Å². The van der Waals surface area contributed by atoms with Gasteiger partial charge in [0.05, 0.1) is 5.69 Å². The van der Waals surface area contributed by atoms with Crippen molar-refractivity contribution < 1.29 is 0 Å². The first-order valence-corrected chi connectivity index (χ1v) is 8.12. The number of hydrogen-bond acceptors (Lipinski definition) is 6. The van der Waals surface area contributed by atoms with Crippen molar-refractivity contribution in [1.29, 1.82) is 0 Å². The van der Waals surface area contributed by atoms with Gasteiger partial charge in [-0.2, -0.15) is 0 Å². The van der Waals surface area contributed by atoms with Crippen LogP contribution in [0.4, 0.5) is 11.5 Å². The Hall–Kier alpha value is -2.21. The van der Waals surface area contributed by atoms with Gasteiger partial charge in [-0.3, -0.25) is 4.98 Å². The quantitative estimate of drug-likeness (QED) is 0.929. The first-order valence-electron chi connectivity index (χ1n) is 8.12. The monoisotopic (exact) mass is 312 g/mol. The average Bonchev–Trinajstić information content (AvgIpc) is 2.80. The molecule has 1 saturated heterocycles. The second-order valence-corrected chi connectivity index (χ2v) is 5.96. The summed E-state index contributed by atoms with van der Waals surface area (Å²) < 4.78 is 0. The summed E-state index contributed by atoms with van der Waals surface area (Å²) in [5.41, 5.74) is 9.15. The zero-order valence-corrected chi connectivity index (χ0v) is 13.9. The molecular formula is C17H24N6. The van der Waals surface area contributed by atoms with Crippen molar-refractivity contribution in [2.75, 3.05) is 36.0 Å². The first kappa shape index (κ1) is 15.7.